The summed E-state index contributed by atoms with van der Waals surface area (Å²) in [6.07, 6.45) is 17.9. The maximum atomic E-state index is 15.9. The van der Waals surface area contributed by atoms with Gasteiger partial charge in [-0.15, -0.1) is 5.92 Å². The van der Waals surface area contributed by atoms with Gasteiger partial charge < -0.3 is 55.7 Å². The number of fused-ring (bicyclic) bond motifs is 7. The summed E-state index contributed by atoms with van der Waals surface area (Å²) < 4.78 is 20.9. The highest BCUT2D eigenvalue weighted by Gasteiger charge is 2.61. The van der Waals surface area contributed by atoms with E-state index < -0.39 is 52.7 Å². The van der Waals surface area contributed by atoms with Crippen LogP contribution in [0.1, 0.15) is 196 Å². The number of benzene rings is 2. The number of aliphatic hydroxyl groups is 3. The highest BCUT2D eigenvalue weighted by atomic mass is 33.1. The molecule has 85 heavy (non-hydrogen) atoms. The number of nitrogens with one attached hydrogen (secondary N) is 3. The molecular weight excluding hydrogens is 1110 g/mol. The summed E-state index contributed by atoms with van der Waals surface area (Å²) in [5, 5.41) is 69.8. The SMILES string of the molecule is CC(=O)OC1CC(OC(=O)C23CCCCC2CCC(=O)N3)C2(CCNCC2)C2c3ccc(O)c4c3C(CC2C#CCC2CC(C)(O)CSSCC(NCC35C=CCC(C)(CCC3c3ccc(O)cc3)C5)C(O)CCC21)C(C1(CO)CCCC1)CO4. The number of aromatic hydroxyl groups is 2. The summed E-state index contributed by atoms with van der Waals surface area (Å²) >= 11 is 0. The van der Waals surface area contributed by atoms with Crippen LogP contribution in [0.25, 0.3) is 0 Å². The predicted molar refractivity (Wildman–Crippen MR) is 331 cm³/mol. The van der Waals surface area contributed by atoms with Crippen molar-refractivity contribution in [1.29, 1.82) is 0 Å². The average Bonchev–Trinajstić information content (AvgIpc) is 1.45. The molecule has 2 bridgehead atoms. The first kappa shape index (κ1) is 61.3. The first-order valence-electron chi connectivity index (χ1n) is 32.7. The zero-order valence-corrected chi connectivity index (χ0v) is 52.2. The summed E-state index contributed by atoms with van der Waals surface area (Å²) in [7, 11) is 3.30. The number of phenolic OH excluding ortho intramolecular Hbond substituents is 2. The number of aliphatic hydroxyl groups excluding tert-OH is 2. The number of ether oxygens (including phenoxy) is 3. The third kappa shape index (κ3) is 11.9. The molecule has 3 saturated carbocycles. The average molecular weight is 1210 g/mol. The number of carbonyl (C=O) groups excluding carboxylic acids is 3. The molecule has 8 N–H and O–H groups in total. The number of phenols is 2. The van der Waals surface area contributed by atoms with Gasteiger partial charge in [0.2, 0.25) is 5.91 Å². The third-order valence-electron chi connectivity index (χ3n) is 23.7. The second kappa shape index (κ2) is 24.8. The second-order valence-corrected chi connectivity index (χ2v) is 31.6. The minimum Gasteiger partial charge on any atom is -0.508 e. The molecule has 4 aliphatic heterocycles. The van der Waals surface area contributed by atoms with Crippen molar-refractivity contribution in [1.82, 2.24) is 16.0 Å². The molecule has 0 radical (unpaired) electrons. The van der Waals surface area contributed by atoms with E-state index >= 15 is 4.79 Å². The van der Waals surface area contributed by atoms with Crippen molar-refractivity contribution < 1.29 is 54.1 Å². The molecule has 16 unspecified atom stereocenters. The lowest BCUT2D eigenvalue weighted by Gasteiger charge is -2.56. The maximum absolute atomic E-state index is 15.9. The lowest BCUT2D eigenvalue weighted by Crippen LogP contribution is -2.65. The van der Waals surface area contributed by atoms with E-state index in [4.69, 9.17) is 14.2 Å². The number of amides is 1. The Balaban J connectivity index is 0.956. The highest BCUT2D eigenvalue weighted by Crippen LogP contribution is 2.65. The van der Waals surface area contributed by atoms with Crippen LogP contribution >= 0.6 is 21.6 Å². The van der Waals surface area contributed by atoms with Gasteiger partial charge in [0, 0.05) is 102 Å². The van der Waals surface area contributed by atoms with Crippen molar-refractivity contribution in [2.75, 3.05) is 44.4 Å². The largest absolute Gasteiger partial charge is 0.508 e. The molecule has 14 nitrogen and oxygen atoms in total. The Bertz CT molecular complexity index is 2860. The van der Waals surface area contributed by atoms with Crippen molar-refractivity contribution in [2.24, 2.45) is 51.2 Å². The standard InChI is InChI=1S/C69H95N3O11S2/c1-43(74)82-57-35-58(83-63(79)69-28-5-4-12-47(69)15-22-59(78)72-69)68(30-32-70-33-31-68)61-45(34-51-53(66(41-73)25-6-7-26-66)37-81-62-56(77)21-19-50(61)60(51)62)10-8-11-46-36-65(3,80)42-85-84-38-54(55(76)20-18-49(46)57)71-40-67-27-9-24-64(2,39-67)29-23-52(67)44-13-16-48(75)17-14-44/h9,13-14,16-17,19,21,27,45-47,49,51-55,57-58,61,70-71,73,75-77,80H,4-7,11-12,15,18,20,22-26,28-42H2,1-3H3,(H,72,78). The van der Waals surface area contributed by atoms with Gasteiger partial charge in [-0.1, -0.05) is 90.5 Å². The third-order valence-corrected chi connectivity index (χ3v) is 26.3. The Morgan fingerprint density at radius 2 is 1.69 bits per heavy atom. The smallest absolute Gasteiger partial charge is 0.332 e. The number of allylic oxidation sites excluding steroid dienone is 1. The molecular formula is C69H95N3O11S2. The van der Waals surface area contributed by atoms with Crippen molar-refractivity contribution in [3.05, 3.63) is 65.2 Å². The fourth-order valence-electron chi connectivity index (χ4n) is 19.5. The van der Waals surface area contributed by atoms with E-state index in [1.165, 1.54) is 12.5 Å². The van der Waals surface area contributed by atoms with E-state index in [1.54, 1.807) is 39.8 Å². The molecule has 2 aromatic rings. The monoisotopic (exact) mass is 1210 g/mol. The number of piperidine rings is 2. The number of hydrogen-bond donors (Lipinski definition) is 8. The van der Waals surface area contributed by atoms with Gasteiger partial charge in [0.05, 0.1) is 18.3 Å². The molecule has 12 rings (SSSR count). The van der Waals surface area contributed by atoms with Gasteiger partial charge in [0.25, 0.3) is 0 Å². The Hall–Kier alpha value is -3.95. The number of carbonyl (C=O) groups is 3. The van der Waals surface area contributed by atoms with Gasteiger partial charge in [-0.3, -0.25) is 9.59 Å². The van der Waals surface area contributed by atoms with Gasteiger partial charge in [-0.25, -0.2) is 4.79 Å². The van der Waals surface area contributed by atoms with E-state index in [1.807, 2.05) is 6.92 Å². The molecule has 16 atom stereocenters. The van der Waals surface area contributed by atoms with Crippen LogP contribution < -0.4 is 20.7 Å². The quantitative estimate of drug-likeness (QED) is 0.0507. The topological polar surface area (TPSA) is 216 Å². The number of rotatable bonds is 9. The van der Waals surface area contributed by atoms with Crippen LogP contribution in [0.3, 0.4) is 0 Å². The molecule has 464 valence electrons. The Kier molecular flexibility index (Phi) is 17.9. The van der Waals surface area contributed by atoms with Gasteiger partial charge in [-0.05, 0) is 175 Å². The molecule has 6 aliphatic carbocycles. The molecule has 2 aromatic carbocycles. The molecule has 4 heterocycles. The van der Waals surface area contributed by atoms with E-state index in [9.17, 15) is 35.1 Å². The Labute approximate surface area is 512 Å². The molecule has 1 amide bonds. The molecule has 3 saturated heterocycles. The van der Waals surface area contributed by atoms with Gasteiger partial charge in [0.15, 0.2) is 11.5 Å². The fraction of sp³-hybridized carbons (Fsp3) is 0.725. The number of hydrogen-bond acceptors (Lipinski definition) is 15. The molecule has 0 aromatic heterocycles. The molecule has 16 heteroatoms. The second-order valence-electron chi connectivity index (χ2n) is 29.1. The summed E-state index contributed by atoms with van der Waals surface area (Å²) in [5.74, 6) is 7.28. The van der Waals surface area contributed by atoms with Crippen LogP contribution in [0.15, 0.2) is 48.6 Å². The van der Waals surface area contributed by atoms with Crippen molar-refractivity contribution >= 4 is 39.4 Å². The summed E-state index contributed by atoms with van der Waals surface area (Å²) in [6.45, 7) is 8.09. The van der Waals surface area contributed by atoms with Crippen LogP contribution in [-0.4, -0.2) is 123 Å². The maximum Gasteiger partial charge on any atom is 0.332 e. The van der Waals surface area contributed by atoms with Crippen LogP contribution in [0, 0.1) is 63.1 Å². The van der Waals surface area contributed by atoms with Crippen molar-refractivity contribution in [3.63, 3.8) is 0 Å². The van der Waals surface area contributed by atoms with Crippen LogP contribution in [0.4, 0.5) is 0 Å². The van der Waals surface area contributed by atoms with Crippen molar-refractivity contribution in [3.8, 4) is 29.1 Å². The molecule has 6 fully saturated rings. The number of esters is 2. The summed E-state index contributed by atoms with van der Waals surface area (Å²) in [4.78, 5) is 43.5. The van der Waals surface area contributed by atoms with E-state index in [0.29, 0.717) is 108 Å². The van der Waals surface area contributed by atoms with Crippen molar-refractivity contribution in [2.45, 2.75) is 215 Å². The van der Waals surface area contributed by atoms with Crippen LogP contribution in [0.2, 0.25) is 0 Å². The minimum atomic E-state index is -1.20. The van der Waals surface area contributed by atoms with Crippen LogP contribution in [-0.2, 0) is 23.9 Å². The molecule has 1 spiro atoms. The minimum absolute atomic E-state index is 0.0228. The summed E-state index contributed by atoms with van der Waals surface area (Å²) in [6, 6.07) is 11.2. The molecule has 10 aliphatic rings. The predicted octanol–water partition coefficient (Wildman–Crippen LogP) is 10.5. The fourth-order valence-corrected chi connectivity index (χ4v) is 22.3. The van der Waals surface area contributed by atoms with Gasteiger partial charge in [0.1, 0.15) is 23.5 Å². The summed E-state index contributed by atoms with van der Waals surface area (Å²) in [5.41, 5.74) is -0.378. The highest BCUT2D eigenvalue weighted by molar-refractivity contribution is 8.76. The Morgan fingerprint density at radius 1 is 0.906 bits per heavy atom. The van der Waals surface area contributed by atoms with E-state index in [-0.39, 0.29) is 94.1 Å². The lowest BCUT2D eigenvalue weighted by molar-refractivity contribution is -0.183. The van der Waals surface area contributed by atoms with Crippen LogP contribution in [0.5, 0.6) is 17.2 Å². The van der Waals surface area contributed by atoms with Gasteiger partial charge in [-0.2, -0.15) is 0 Å². The Morgan fingerprint density at radius 3 is 2.47 bits per heavy atom. The first-order valence-corrected chi connectivity index (χ1v) is 35.2. The lowest BCUT2D eigenvalue weighted by atomic mass is 9.51. The van der Waals surface area contributed by atoms with E-state index in [0.717, 1.165) is 81.8 Å². The van der Waals surface area contributed by atoms with E-state index in [2.05, 4.69) is 65.1 Å². The first-order chi connectivity index (χ1) is 40.9. The zero-order valence-electron chi connectivity index (χ0n) is 50.6. The zero-order chi connectivity index (χ0) is 59.4. The normalized spacial score (nSPS) is 39.6. The van der Waals surface area contributed by atoms with Gasteiger partial charge >= 0.3 is 11.9 Å².